The maximum Gasteiger partial charge on any atom is 0.573 e. The summed E-state index contributed by atoms with van der Waals surface area (Å²) in [5.41, 5.74) is 6.12. The zero-order chi connectivity index (χ0) is 18.7. The number of anilines is 1. The zero-order valence-electron chi connectivity index (χ0n) is 12.7. The van der Waals surface area contributed by atoms with Crippen molar-refractivity contribution in [2.75, 3.05) is 12.3 Å². The molecule has 0 aliphatic carbocycles. The largest absolute Gasteiger partial charge is 0.573 e. The van der Waals surface area contributed by atoms with Gasteiger partial charge in [-0.2, -0.15) is 0 Å². The van der Waals surface area contributed by atoms with E-state index in [1.165, 1.54) is 36.4 Å². The number of sulfonamides is 1. The van der Waals surface area contributed by atoms with Crippen LogP contribution >= 0.6 is 0 Å². The number of rotatable bonds is 6. The predicted octanol–water partition coefficient (Wildman–Crippen LogP) is 2.18. The Morgan fingerprint density at radius 1 is 1.08 bits per heavy atom. The molecule has 136 valence electrons. The Balaban J connectivity index is 1.99. The van der Waals surface area contributed by atoms with E-state index in [4.69, 9.17) is 5.73 Å². The average molecular weight is 376 g/mol. The minimum absolute atomic E-state index is 0.0252. The van der Waals surface area contributed by atoms with Crippen molar-refractivity contribution in [2.45, 2.75) is 17.4 Å². The number of aliphatic hydroxyl groups is 1. The molecule has 10 heteroatoms. The smallest absolute Gasteiger partial charge is 0.406 e. The summed E-state index contributed by atoms with van der Waals surface area (Å²) in [4.78, 5) is -0.0252. The van der Waals surface area contributed by atoms with Crippen LogP contribution in [0.4, 0.5) is 18.9 Å². The molecule has 0 fully saturated rings. The second kappa shape index (κ2) is 7.30. The number of alkyl halides is 3. The first-order valence-electron chi connectivity index (χ1n) is 6.96. The molecule has 0 amide bonds. The summed E-state index contributed by atoms with van der Waals surface area (Å²) in [5, 5.41) is 9.99. The molecule has 2 aromatic carbocycles. The molecule has 0 saturated carbocycles. The third-order valence-electron chi connectivity index (χ3n) is 3.16. The van der Waals surface area contributed by atoms with Gasteiger partial charge in [0.2, 0.25) is 10.0 Å². The molecule has 0 heterocycles. The lowest BCUT2D eigenvalue weighted by Crippen LogP contribution is -2.28. The molecule has 4 N–H and O–H groups in total. The number of hydrogen-bond acceptors (Lipinski definition) is 5. The zero-order valence-corrected chi connectivity index (χ0v) is 13.5. The number of halogens is 3. The second-order valence-corrected chi connectivity index (χ2v) is 6.82. The van der Waals surface area contributed by atoms with Crippen LogP contribution in [0.5, 0.6) is 5.75 Å². The molecule has 2 aromatic rings. The van der Waals surface area contributed by atoms with Crippen molar-refractivity contribution in [1.29, 1.82) is 0 Å². The lowest BCUT2D eigenvalue weighted by molar-refractivity contribution is -0.274. The van der Waals surface area contributed by atoms with Gasteiger partial charge in [0.05, 0.1) is 11.0 Å². The maximum atomic E-state index is 12.1. The van der Waals surface area contributed by atoms with Crippen molar-refractivity contribution in [3.8, 4) is 5.75 Å². The number of ether oxygens (including phenoxy) is 1. The first-order chi connectivity index (χ1) is 11.6. The fourth-order valence-electron chi connectivity index (χ4n) is 1.93. The van der Waals surface area contributed by atoms with Gasteiger partial charge < -0.3 is 15.6 Å². The van der Waals surface area contributed by atoms with E-state index >= 15 is 0 Å². The fourth-order valence-corrected chi connectivity index (χ4v) is 2.97. The molecule has 2 rings (SSSR count). The standard InChI is InChI=1S/C15H15F3N2O4S/c16-15(17,18)24-12-5-1-10(2-6-12)14(21)9-20-25(22,23)13-7-3-11(19)4-8-13/h1-8,14,20-21H,9,19H2. The van der Waals surface area contributed by atoms with Gasteiger partial charge in [-0.1, -0.05) is 12.1 Å². The first kappa shape index (κ1) is 19.0. The molecule has 6 nitrogen and oxygen atoms in total. The van der Waals surface area contributed by atoms with Gasteiger partial charge in [-0.05, 0) is 42.0 Å². The van der Waals surface area contributed by atoms with E-state index in [-0.39, 0.29) is 17.0 Å². The molecule has 0 aliphatic rings. The second-order valence-electron chi connectivity index (χ2n) is 5.05. The first-order valence-corrected chi connectivity index (χ1v) is 8.44. The lowest BCUT2D eigenvalue weighted by atomic mass is 10.1. The minimum Gasteiger partial charge on any atom is -0.406 e. The highest BCUT2D eigenvalue weighted by molar-refractivity contribution is 7.89. The van der Waals surface area contributed by atoms with Crippen LogP contribution in [0.25, 0.3) is 0 Å². The average Bonchev–Trinajstić information content (AvgIpc) is 2.52. The minimum atomic E-state index is -4.81. The Bertz CT molecular complexity index is 806. The van der Waals surface area contributed by atoms with Crippen molar-refractivity contribution < 1.29 is 31.4 Å². The molecule has 1 unspecified atom stereocenters. The van der Waals surface area contributed by atoms with E-state index in [9.17, 15) is 26.7 Å². The van der Waals surface area contributed by atoms with Crippen LogP contribution in [0.15, 0.2) is 53.4 Å². The van der Waals surface area contributed by atoms with E-state index in [2.05, 4.69) is 9.46 Å². The van der Waals surface area contributed by atoms with Crippen molar-refractivity contribution >= 4 is 15.7 Å². The fraction of sp³-hybridized carbons (Fsp3) is 0.200. The van der Waals surface area contributed by atoms with E-state index in [1.807, 2.05) is 0 Å². The maximum absolute atomic E-state index is 12.1. The molecule has 1 atom stereocenters. The van der Waals surface area contributed by atoms with Gasteiger partial charge in [0.25, 0.3) is 0 Å². The van der Waals surface area contributed by atoms with Crippen molar-refractivity contribution in [2.24, 2.45) is 0 Å². The Labute approximate surface area is 142 Å². The number of hydrogen-bond donors (Lipinski definition) is 3. The Morgan fingerprint density at radius 2 is 1.64 bits per heavy atom. The molecular formula is C15H15F3N2O4S. The lowest BCUT2D eigenvalue weighted by Gasteiger charge is -2.14. The van der Waals surface area contributed by atoms with Crippen molar-refractivity contribution in [3.63, 3.8) is 0 Å². The van der Waals surface area contributed by atoms with E-state index < -0.39 is 28.2 Å². The molecule has 0 bridgehead atoms. The summed E-state index contributed by atoms with van der Waals surface area (Å²) in [6, 6.07) is 9.95. The van der Waals surface area contributed by atoms with Crippen LogP contribution in [0, 0.1) is 0 Å². The Kier molecular flexibility index (Phi) is 5.55. The molecule has 0 aliphatic heterocycles. The quantitative estimate of drug-likeness (QED) is 0.671. The highest BCUT2D eigenvalue weighted by Crippen LogP contribution is 2.24. The van der Waals surface area contributed by atoms with Gasteiger partial charge in [0.15, 0.2) is 0 Å². The summed E-state index contributed by atoms with van der Waals surface area (Å²) in [7, 11) is -3.85. The Hall–Kier alpha value is -2.30. The van der Waals surface area contributed by atoms with Crippen LogP contribution in [-0.2, 0) is 10.0 Å². The SMILES string of the molecule is Nc1ccc(S(=O)(=O)NCC(O)c2ccc(OC(F)(F)F)cc2)cc1. The summed E-state index contributed by atoms with van der Waals surface area (Å²) in [6.45, 7) is -0.355. The number of benzene rings is 2. The summed E-state index contributed by atoms with van der Waals surface area (Å²) in [6.07, 6.45) is -6.06. The number of nitrogens with two attached hydrogens (primary N) is 1. The molecule has 0 radical (unpaired) electrons. The third kappa shape index (κ3) is 5.62. The van der Waals surface area contributed by atoms with Gasteiger partial charge in [-0.3, -0.25) is 0 Å². The van der Waals surface area contributed by atoms with Gasteiger partial charge >= 0.3 is 6.36 Å². The normalized spacial score (nSPS) is 13.4. The summed E-state index contributed by atoms with van der Waals surface area (Å²) in [5.74, 6) is -0.439. The van der Waals surface area contributed by atoms with Crippen molar-refractivity contribution in [3.05, 3.63) is 54.1 Å². The predicted molar refractivity (Wildman–Crippen MR) is 84.1 cm³/mol. The van der Waals surface area contributed by atoms with Crippen LogP contribution in [0.1, 0.15) is 11.7 Å². The van der Waals surface area contributed by atoms with Crippen LogP contribution < -0.4 is 15.2 Å². The van der Waals surface area contributed by atoms with Gasteiger partial charge in [0, 0.05) is 12.2 Å². The van der Waals surface area contributed by atoms with E-state index in [1.54, 1.807) is 0 Å². The van der Waals surface area contributed by atoms with Gasteiger partial charge in [-0.15, -0.1) is 13.2 Å². The van der Waals surface area contributed by atoms with E-state index in [0.717, 1.165) is 12.1 Å². The van der Waals surface area contributed by atoms with Crippen LogP contribution in [0.3, 0.4) is 0 Å². The highest BCUT2D eigenvalue weighted by atomic mass is 32.2. The topological polar surface area (TPSA) is 102 Å². The number of nitrogens with one attached hydrogen (secondary N) is 1. The van der Waals surface area contributed by atoms with Crippen molar-refractivity contribution in [1.82, 2.24) is 4.72 Å². The summed E-state index contributed by atoms with van der Waals surface area (Å²) < 4.78 is 66.3. The Morgan fingerprint density at radius 3 is 2.16 bits per heavy atom. The molecule has 0 spiro atoms. The molecular weight excluding hydrogens is 361 g/mol. The van der Waals surface area contributed by atoms with Gasteiger partial charge in [-0.25, -0.2) is 13.1 Å². The highest BCUT2D eigenvalue weighted by Gasteiger charge is 2.31. The van der Waals surface area contributed by atoms with Gasteiger partial charge in [0.1, 0.15) is 5.75 Å². The van der Waals surface area contributed by atoms with Crippen LogP contribution in [0.2, 0.25) is 0 Å². The number of aliphatic hydroxyl groups excluding tert-OH is 1. The van der Waals surface area contributed by atoms with E-state index in [0.29, 0.717) is 5.69 Å². The molecule has 25 heavy (non-hydrogen) atoms. The monoisotopic (exact) mass is 376 g/mol. The molecule has 0 aromatic heterocycles. The summed E-state index contributed by atoms with van der Waals surface area (Å²) >= 11 is 0. The number of nitrogen functional groups attached to an aromatic ring is 1. The molecule has 0 saturated heterocycles. The third-order valence-corrected chi connectivity index (χ3v) is 4.60. The van der Waals surface area contributed by atoms with Crippen LogP contribution in [-0.4, -0.2) is 26.4 Å².